The highest BCUT2D eigenvalue weighted by Crippen LogP contribution is 2.24. The predicted octanol–water partition coefficient (Wildman–Crippen LogP) is 3.42. The highest BCUT2D eigenvalue weighted by atomic mass is 32.1. The van der Waals surface area contributed by atoms with E-state index in [1.165, 1.54) is 22.7 Å². The maximum Gasteiger partial charge on any atom is 0.348 e. The molecule has 23 heavy (non-hydrogen) atoms. The van der Waals surface area contributed by atoms with Crippen LogP contribution >= 0.6 is 22.7 Å². The molecule has 0 radical (unpaired) electrons. The Morgan fingerprint density at radius 3 is 2.70 bits per heavy atom. The number of nitriles is 1. The van der Waals surface area contributed by atoms with Gasteiger partial charge in [0.05, 0.1) is 6.07 Å². The zero-order valence-electron chi connectivity index (χ0n) is 13.1. The fourth-order valence-corrected chi connectivity index (χ4v) is 3.90. The number of nitrogens with zero attached hydrogens (tertiary/aromatic N) is 2. The maximum absolute atomic E-state index is 12.1. The summed E-state index contributed by atoms with van der Waals surface area (Å²) in [5, 5.41) is 11.4. The van der Waals surface area contributed by atoms with Crippen molar-refractivity contribution in [2.45, 2.75) is 33.1 Å². The van der Waals surface area contributed by atoms with Crippen LogP contribution in [-0.4, -0.2) is 23.3 Å². The van der Waals surface area contributed by atoms with E-state index in [2.05, 4.69) is 4.98 Å². The number of aryl methyl sites for hydroxylation is 3. The number of hydrogen-bond donors (Lipinski definition) is 0. The number of hydrogen-bond acceptors (Lipinski definition) is 7. The third-order valence-corrected chi connectivity index (χ3v) is 5.38. The molecule has 0 aliphatic rings. The topological polar surface area (TPSA) is 80.0 Å². The Balaban J connectivity index is 2.00. The van der Waals surface area contributed by atoms with Gasteiger partial charge < -0.3 is 4.74 Å². The van der Waals surface area contributed by atoms with E-state index in [-0.39, 0.29) is 0 Å². The lowest BCUT2D eigenvalue weighted by atomic mass is 10.1. The number of aromatic nitrogens is 1. The molecule has 0 saturated heterocycles. The van der Waals surface area contributed by atoms with E-state index in [9.17, 15) is 14.9 Å². The minimum absolute atomic E-state index is 0.423. The van der Waals surface area contributed by atoms with Crippen LogP contribution in [0.3, 0.4) is 0 Å². The first-order valence-corrected chi connectivity index (χ1v) is 8.76. The first kappa shape index (κ1) is 17.3. The van der Waals surface area contributed by atoms with Gasteiger partial charge >= 0.3 is 5.97 Å². The number of ketones is 1. The van der Waals surface area contributed by atoms with Crippen molar-refractivity contribution >= 4 is 34.4 Å². The van der Waals surface area contributed by atoms with Crippen molar-refractivity contribution in [1.82, 2.24) is 4.98 Å². The van der Waals surface area contributed by atoms with Gasteiger partial charge in [-0.15, -0.1) is 22.7 Å². The molecule has 0 bridgehead atoms. The SMILES string of the molecule is CCc1cc(C(=O)OCC(=O)[C@@H](C#N)c2nc(C)cs2)sc1C. The summed E-state index contributed by atoms with van der Waals surface area (Å²) in [6, 6.07) is 3.72. The van der Waals surface area contributed by atoms with Gasteiger partial charge in [-0.1, -0.05) is 6.92 Å². The molecule has 2 heterocycles. The van der Waals surface area contributed by atoms with Crippen LogP contribution in [0.1, 0.15) is 43.7 Å². The molecule has 0 aliphatic carbocycles. The quantitative estimate of drug-likeness (QED) is 0.747. The van der Waals surface area contributed by atoms with Crippen molar-refractivity contribution < 1.29 is 14.3 Å². The molecule has 120 valence electrons. The number of ether oxygens (including phenoxy) is 1. The molecule has 2 aromatic heterocycles. The molecule has 2 aromatic rings. The zero-order chi connectivity index (χ0) is 17.0. The number of rotatable bonds is 6. The molecular weight excluding hydrogens is 332 g/mol. The van der Waals surface area contributed by atoms with E-state index < -0.39 is 24.3 Å². The number of Topliss-reactive ketones (excluding diaryl/α,β-unsaturated/α-hetero) is 1. The highest BCUT2D eigenvalue weighted by molar-refractivity contribution is 7.14. The Labute approximate surface area is 142 Å². The van der Waals surface area contributed by atoms with Crippen LogP contribution in [0.25, 0.3) is 0 Å². The Kier molecular flexibility index (Phi) is 5.64. The smallest absolute Gasteiger partial charge is 0.348 e. The van der Waals surface area contributed by atoms with Crippen LogP contribution in [0.15, 0.2) is 11.4 Å². The van der Waals surface area contributed by atoms with Crippen molar-refractivity contribution in [3.63, 3.8) is 0 Å². The molecule has 0 fully saturated rings. The van der Waals surface area contributed by atoms with Crippen LogP contribution in [0.5, 0.6) is 0 Å². The second-order valence-electron chi connectivity index (χ2n) is 4.98. The van der Waals surface area contributed by atoms with Crippen molar-refractivity contribution in [3.8, 4) is 6.07 Å². The van der Waals surface area contributed by atoms with Crippen LogP contribution in [0.4, 0.5) is 0 Å². The summed E-state index contributed by atoms with van der Waals surface area (Å²) >= 11 is 2.61. The summed E-state index contributed by atoms with van der Waals surface area (Å²) in [6.07, 6.45) is 0.842. The number of carbonyl (C=O) groups is 2. The normalized spacial score (nSPS) is 11.7. The summed E-state index contributed by atoms with van der Waals surface area (Å²) in [5.41, 5.74) is 1.86. The van der Waals surface area contributed by atoms with Crippen molar-refractivity contribution in [3.05, 3.63) is 37.5 Å². The summed E-state index contributed by atoms with van der Waals surface area (Å²) in [5.74, 6) is -1.98. The van der Waals surface area contributed by atoms with Gasteiger partial charge in [-0.25, -0.2) is 9.78 Å². The van der Waals surface area contributed by atoms with Gasteiger partial charge in [-0.05, 0) is 31.9 Å². The standard InChI is InChI=1S/C16H16N2O3S2/c1-4-11-5-14(23-10(11)3)16(20)21-7-13(19)12(6-17)15-18-9(2)8-22-15/h5,8,12H,4,7H2,1-3H3/t12-/m1/s1. The van der Waals surface area contributed by atoms with Gasteiger partial charge in [0.2, 0.25) is 0 Å². The molecule has 0 aromatic carbocycles. The molecule has 0 aliphatic heterocycles. The van der Waals surface area contributed by atoms with Crippen molar-refractivity contribution in [2.75, 3.05) is 6.61 Å². The van der Waals surface area contributed by atoms with E-state index in [1.807, 2.05) is 19.9 Å². The van der Waals surface area contributed by atoms with E-state index in [0.717, 1.165) is 22.6 Å². The fourth-order valence-electron chi connectivity index (χ4n) is 2.03. The van der Waals surface area contributed by atoms with Gasteiger partial charge in [0, 0.05) is 16.0 Å². The number of thiazole rings is 1. The number of carbonyl (C=O) groups excluding carboxylic acids is 2. The molecule has 7 heteroatoms. The predicted molar refractivity (Wildman–Crippen MR) is 88.9 cm³/mol. The van der Waals surface area contributed by atoms with Crippen LogP contribution in [0.2, 0.25) is 0 Å². The van der Waals surface area contributed by atoms with E-state index in [1.54, 1.807) is 18.4 Å². The average Bonchev–Trinajstić information content (AvgIpc) is 3.11. The average molecular weight is 348 g/mol. The zero-order valence-corrected chi connectivity index (χ0v) is 14.7. The molecule has 0 spiro atoms. The van der Waals surface area contributed by atoms with Gasteiger partial charge in [-0.3, -0.25) is 4.79 Å². The summed E-state index contributed by atoms with van der Waals surface area (Å²) in [4.78, 5) is 29.8. The molecule has 2 rings (SSSR count). The molecular formula is C16H16N2O3S2. The first-order chi connectivity index (χ1) is 11.0. The van der Waals surface area contributed by atoms with E-state index >= 15 is 0 Å². The van der Waals surface area contributed by atoms with E-state index in [4.69, 9.17) is 4.74 Å². The molecule has 0 saturated carbocycles. The lowest BCUT2D eigenvalue weighted by Crippen LogP contribution is -2.19. The van der Waals surface area contributed by atoms with Crippen LogP contribution in [-0.2, 0) is 16.0 Å². The first-order valence-electron chi connectivity index (χ1n) is 7.07. The largest absolute Gasteiger partial charge is 0.453 e. The number of thiophene rings is 1. The van der Waals surface area contributed by atoms with Crippen LogP contribution < -0.4 is 0 Å². The minimum atomic E-state index is -0.988. The second-order valence-corrected chi connectivity index (χ2v) is 7.12. The monoisotopic (exact) mass is 348 g/mol. The molecule has 0 unspecified atom stereocenters. The third kappa shape index (κ3) is 4.03. The Bertz CT molecular complexity index is 771. The Morgan fingerprint density at radius 2 is 2.17 bits per heavy atom. The van der Waals surface area contributed by atoms with E-state index in [0.29, 0.717) is 9.88 Å². The molecule has 0 amide bonds. The minimum Gasteiger partial charge on any atom is -0.453 e. The maximum atomic E-state index is 12.1. The van der Waals surface area contributed by atoms with Gasteiger partial charge in [0.25, 0.3) is 0 Å². The summed E-state index contributed by atoms with van der Waals surface area (Å²) in [6.45, 7) is 5.33. The second kappa shape index (κ2) is 7.49. The van der Waals surface area contributed by atoms with Gasteiger partial charge in [0.1, 0.15) is 9.88 Å². The number of esters is 1. The highest BCUT2D eigenvalue weighted by Gasteiger charge is 2.25. The third-order valence-electron chi connectivity index (χ3n) is 3.28. The van der Waals surface area contributed by atoms with Gasteiger partial charge in [-0.2, -0.15) is 5.26 Å². The molecule has 5 nitrogen and oxygen atoms in total. The lowest BCUT2D eigenvalue weighted by molar-refractivity contribution is -0.122. The molecule has 1 atom stereocenters. The Morgan fingerprint density at radius 1 is 1.43 bits per heavy atom. The van der Waals surface area contributed by atoms with Crippen molar-refractivity contribution in [1.29, 1.82) is 5.26 Å². The van der Waals surface area contributed by atoms with Crippen LogP contribution in [0, 0.1) is 25.2 Å². The lowest BCUT2D eigenvalue weighted by Gasteiger charge is -2.05. The van der Waals surface area contributed by atoms with Gasteiger partial charge in [0.15, 0.2) is 18.3 Å². The summed E-state index contributed by atoms with van der Waals surface area (Å²) < 4.78 is 5.06. The summed E-state index contributed by atoms with van der Waals surface area (Å²) in [7, 11) is 0. The Hall–Kier alpha value is -2.04. The fraction of sp³-hybridized carbons (Fsp3) is 0.375. The van der Waals surface area contributed by atoms with Crippen molar-refractivity contribution in [2.24, 2.45) is 0 Å². The molecule has 0 N–H and O–H groups in total.